The van der Waals surface area contributed by atoms with Gasteiger partial charge >= 0.3 is 5.97 Å². The molecule has 1 aliphatic carbocycles. The third-order valence-corrected chi connectivity index (χ3v) is 5.42. The van der Waals surface area contributed by atoms with Crippen molar-refractivity contribution in [3.63, 3.8) is 0 Å². The van der Waals surface area contributed by atoms with E-state index in [4.69, 9.17) is 0 Å². The van der Waals surface area contributed by atoms with E-state index in [1.54, 1.807) is 13.2 Å². The lowest BCUT2D eigenvalue weighted by Gasteiger charge is -2.30. The first-order chi connectivity index (χ1) is 14.0. The standard InChI is InChI=1S/C20H24N6O3/c1-21-18(27)15-11-23-20(26-8-6-13(7-9-26)19(28)29)25-17(15)24-14-4-5-16(22-10-14)12-2-3-12/h4-5,10-13H,2-3,6-9H2,1H3,(H,21,27)(H,28,29)(H,23,24,25). The van der Waals surface area contributed by atoms with Gasteiger partial charge in [-0.1, -0.05) is 0 Å². The summed E-state index contributed by atoms with van der Waals surface area (Å²) in [5.74, 6) is 0.0772. The molecule has 0 unspecified atom stereocenters. The van der Waals surface area contributed by atoms with Gasteiger partial charge in [0.1, 0.15) is 11.4 Å². The number of nitrogens with one attached hydrogen (secondary N) is 2. The number of piperidine rings is 1. The second-order valence-electron chi connectivity index (χ2n) is 7.48. The number of aromatic nitrogens is 3. The molecule has 1 aliphatic heterocycles. The van der Waals surface area contributed by atoms with Gasteiger partial charge in [0, 0.05) is 37.9 Å². The predicted octanol–water partition coefficient (Wildman–Crippen LogP) is 2.15. The minimum absolute atomic E-state index is 0.286. The summed E-state index contributed by atoms with van der Waals surface area (Å²) >= 11 is 0. The van der Waals surface area contributed by atoms with Crippen LogP contribution in [0.5, 0.6) is 0 Å². The Labute approximate surface area is 168 Å². The van der Waals surface area contributed by atoms with Crippen molar-refractivity contribution in [2.24, 2.45) is 5.92 Å². The number of rotatable bonds is 6. The van der Waals surface area contributed by atoms with Crippen LogP contribution in [0.25, 0.3) is 0 Å². The fraction of sp³-hybridized carbons (Fsp3) is 0.450. The van der Waals surface area contributed by atoms with Crippen LogP contribution in [0.1, 0.15) is 47.7 Å². The molecule has 9 nitrogen and oxygen atoms in total. The lowest BCUT2D eigenvalue weighted by Crippen LogP contribution is -2.37. The Bertz CT molecular complexity index is 905. The highest BCUT2D eigenvalue weighted by Gasteiger charge is 2.27. The molecule has 1 amide bonds. The molecule has 9 heteroatoms. The van der Waals surface area contributed by atoms with Gasteiger partial charge in [-0.15, -0.1) is 0 Å². The molecular weight excluding hydrogens is 372 g/mol. The number of pyridine rings is 1. The van der Waals surface area contributed by atoms with Crippen molar-refractivity contribution in [3.05, 3.63) is 35.8 Å². The molecule has 0 aromatic carbocycles. The van der Waals surface area contributed by atoms with Crippen LogP contribution in [0.15, 0.2) is 24.5 Å². The number of nitrogens with zero attached hydrogens (tertiary/aromatic N) is 4. The fourth-order valence-corrected chi connectivity index (χ4v) is 3.48. The third kappa shape index (κ3) is 4.28. The van der Waals surface area contributed by atoms with Crippen molar-refractivity contribution in [2.75, 3.05) is 30.4 Å². The van der Waals surface area contributed by atoms with Gasteiger partial charge in [0.05, 0.1) is 17.8 Å². The number of hydrogen-bond acceptors (Lipinski definition) is 7. The molecule has 1 saturated carbocycles. The molecule has 0 bridgehead atoms. The van der Waals surface area contributed by atoms with Gasteiger partial charge in [-0.2, -0.15) is 4.98 Å². The number of amides is 1. The summed E-state index contributed by atoms with van der Waals surface area (Å²) in [6.07, 6.45) is 6.72. The smallest absolute Gasteiger partial charge is 0.306 e. The zero-order valence-corrected chi connectivity index (χ0v) is 16.3. The second-order valence-corrected chi connectivity index (χ2v) is 7.48. The molecule has 3 N–H and O–H groups in total. The highest BCUT2D eigenvalue weighted by Crippen LogP contribution is 2.39. The van der Waals surface area contributed by atoms with Crippen LogP contribution >= 0.6 is 0 Å². The van der Waals surface area contributed by atoms with Gasteiger partial charge in [-0.3, -0.25) is 14.6 Å². The highest BCUT2D eigenvalue weighted by molar-refractivity contribution is 5.99. The third-order valence-electron chi connectivity index (χ3n) is 5.42. The molecule has 0 radical (unpaired) electrons. The van der Waals surface area contributed by atoms with E-state index in [0.29, 0.717) is 49.2 Å². The molecule has 1 saturated heterocycles. The Morgan fingerprint density at radius 3 is 2.45 bits per heavy atom. The quantitative estimate of drug-likeness (QED) is 0.679. The van der Waals surface area contributed by atoms with Gasteiger partial charge < -0.3 is 20.6 Å². The first kappa shape index (κ1) is 19.1. The van der Waals surface area contributed by atoms with Crippen LogP contribution in [0, 0.1) is 5.92 Å². The van der Waals surface area contributed by atoms with Crippen LogP contribution in [0.2, 0.25) is 0 Å². The zero-order valence-electron chi connectivity index (χ0n) is 16.3. The molecule has 0 spiro atoms. The number of carboxylic acids is 1. The summed E-state index contributed by atoms with van der Waals surface area (Å²) in [4.78, 5) is 38.8. The Morgan fingerprint density at radius 1 is 1.10 bits per heavy atom. The highest BCUT2D eigenvalue weighted by atomic mass is 16.4. The summed E-state index contributed by atoms with van der Waals surface area (Å²) in [6, 6.07) is 3.94. The van der Waals surface area contributed by atoms with Crippen LogP contribution < -0.4 is 15.5 Å². The van der Waals surface area contributed by atoms with Gasteiger partial charge in [0.25, 0.3) is 5.91 Å². The van der Waals surface area contributed by atoms with Crippen molar-refractivity contribution >= 4 is 29.3 Å². The maximum Gasteiger partial charge on any atom is 0.306 e. The molecule has 2 fully saturated rings. The van der Waals surface area contributed by atoms with Crippen molar-refractivity contribution < 1.29 is 14.7 Å². The molecule has 152 valence electrons. The Kier molecular flexibility index (Phi) is 5.28. The first-order valence-corrected chi connectivity index (χ1v) is 9.85. The van der Waals surface area contributed by atoms with Crippen LogP contribution in [0.3, 0.4) is 0 Å². The lowest BCUT2D eigenvalue weighted by atomic mass is 9.97. The van der Waals surface area contributed by atoms with E-state index in [0.717, 1.165) is 11.4 Å². The minimum atomic E-state index is -0.759. The van der Waals surface area contributed by atoms with Crippen molar-refractivity contribution in [1.29, 1.82) is 0 Å². The van der Waals surface area contributed by atoms with E-state index in [1.165, 1.54) is 19.0 Å². The van der Waals surface area contributed by atoms with Gasteiger partial charge in [-0.05, 0) is 37.8 Å². The molecule has 2 aromatic rings. The summed E-state index contributed by atoms with van der Waals surface area (Å²) in [5, 5.41) is 15.0. The van der Waals surface area contributed by atoms with Crippen LogP contribution in [-0.2, 0) is 4.79 Å². The van der Waals surface area contributed by atoms with E-state index in [-0.39, 0.29) is 11.8 Å². The topological polar surface area (TPSA) is 120 Å². The SMILES string of the molecule is CNC(=O)c1cnc(N2CCC(C(=O)O)CC2)nc1Nc1ccc(C2CC2)nc1. The summed E-state index contributed by atoms with van der Waals surface area (Å²) in [7, 11) is 1.56. The van der Waals surface area contributed by atoms with Crippen molar-refractivity contribution in [3.8, 4) is 0 Å². The van der Waals surface area contributed by atoms with Crippen LogP contribution in [0.4, 0.5) is 17.5 Å². The second kappa shape index (κ2) is 8.02. The van der Waals surface area contributed by atoms with Crippen molar-refractivity contribution in [1.82, 2.24) is 20.3 Å². The normalized spacial score (nSPS) is 17.1. The average molecular weight is 396 g/mol. The molecule has 0 atom stereocenters. The Morgan fingerprint density at radius 2 is 1.86 bits per heavy atom. The van der Waals surface area contributed by atoms with E-state index < -0.39 is 5.97 Å². The number of carbonyl (C=O) groups is 2. The van der Waals surface area contributed by atoms with E-state index >= 15 is 0 Å². The number of anilines is 3. The Balaban J connectivity index is 1.55. The summed E-state index contributed by atoms with van der Waals surface area (Å²) < 4.78 is 0. The number of hydrogen-bond donors (Lipinski definition) is 3. The maximum atomic E-state index is 12.3. The van der Waals surface area contributed by atoms with E-state index in [1.807, 2.05) is 17.0 Å². The molecule has 4 rings (SSSR count). The molecule has 2 aliphatic rings. The average Bonchev–Trinajstić information content (AvgIpc) is 3.59. The number of aliphatic carboxylic acids is 1. The maximum absolute atomic E-state index is 12.3. The molecule has 2 aromatic heterocycles. The fourth-order valence-electron chi connectivity index (χ4n) is 3.48. The minimum Gasteiger partial charge on any atom is -0.481 e. The predicted molar refractivity (Wildman–Crippen MR) is 107 cm³/mol. The largest absolute Gasteiger partial charge is 0.481 e. The van der Waals surface area contributed by atoms with Gasteiger partial charge in [-0.25, -0.2) is 4.98 Å². The first-order valence-electron chi connectivity index (χ1n) is 9.85. The summed E-state index contributed by atoms with van der Waals surface area (Å²) in [6.45, 7) is 1.13. The number of carboxylic acid groups (broad SMARTS) is 1. The molecule has 29 heavy (non-hydrogen) atoms. The molecule has 3 heterocycles. The van der Waals surface area contributed by atoms with E-state index in [2.05, 4.69) is 25.6 Å². The van der Waals surface area contributed by atoms with E-state index in [9.17, 15) is 14.7 Å². The van der Waals surface area contributed by atoms with Crippen molar-refractivity contribution in [2.45, 2.75) is 31.6 Å². The monoisotopic (exact) mass is 396 g/mol. The van der Waals surface area contributed by atoms with Crippen LogP contribution in [-0.4, -0.2) is 52.1 Å². The zero-order chi connectivity index (χ0) is 20.4. The molecular formula is C20H24N6O3. The number of carbonyl (C=O) groups excluding carboxylic acids is 1. The Hall–Kier alpha value is -3.23. The summed E-state index contributed by atoms with van der Waals surface area (Å²) in [5.41, 5.74) is 2.17. The van der Waals surface area contributed by atoms with Gasteiger partial charge in [0.15, 0.2) is 0 Å². The lowest BCUT2D eigenvalue weighted by molar-refractivity contribution is -0.142. The van der Waals surface area contributed by atoms with Gasteiger partial charge in [0.2, 0.25) is 5.95 Å².